The van der Waals surface area contributed by atoms with E-state index >= 15 is 0 Å². The van der Waals surface area contributed by atoms with E-state index < -0.39 is 38.8 Å². The van der Waals surface area contributed by atoms with Crippen LogP contribution in [0.25, 0.3) is 11.0 Å². The molecule has 4 heterocycles. The Morgan fingerprint density at radius 2 is 1.52 bits per heavy atom. The molecule has 0 saturated carbocycles. The number of hydrogen-bond acceptors (Lipinski definition) is 10. The van der Waals surface area contributed by atoms with Crippen LogP contribution in [0.2, 0.25) is 0 Å². The number of anilines is 3. The number of ether oxygens (including phenoxy) is 2. The summed E-state index contributed by atoms with van der Waals surface area (Å²) in [4.78, 5) is 55.0. The normalized spacial score (nSPS) is 16.0. The van der Waals surface area contributed by atoms with Crippen LogP contribution in [0.3, 0.4) is 0 Å². The lowest BCUT2D eigenvalue weighted by Gasteiger charge is -2.38. The fraction of sp³-hybridized carbons (Fsp3) is 0.289. The van der Waals surface area contributed by atoms with Crippen LogP contribution in [0.5, 0.6) is 0 Å². The number of para-hydroxylation sites is 1. The van der Waals surface area contributed by atoms with Crippen LogP contribution in [-0.4, -0.2) is 72.5 Å². The van der Waals surface area contributed by atoms with E-state index in [4.69, 9.17) is 9.47 Å². The van der Waals surface area contributed by atoms with Gasteiger partial charge in [-0.05, 0) is 48.6 Å². The van der Waals surface area contributed by atoms with Gasteiger partial charge in [-0.2, -0.15) is 4.98 Å². The van der Waals surface area contributed by atoms with Gasteiger partial charge in [-0.15, -0.1) is 0 Å². The van der Waals surface area contributed by atoms with E-state index in [1.807, 2.05) is 90.7 Å². The molecule has 14 heteroatoms. The fourth-order valence-corrected chi connectivity index (χ4v) is 7.31. The highest BCUT2D eigenvalue weighted by molar-refractivity contribution is 7.90. The summed E-state index contributed by atoms with van der Waals surface area (Å²) in [5.74, 6) is 0. The maximum absolute atomic E-state index is 14.8. The van der Waals surface area contributed by atoms with E-state index in [0.29, 0.717) is 41.8 Å². The second kappa shape index (κ2) is 14.5. The molecule has 0 radical (unpaired) electrons. The maximum Gasteiger partial charge on any atom is 0.414 e. The van der Waals surface area contributed by atoms with E-state index in [1.54, 1.807) is 15.9 Å². The van der Waals surface area contributed by atoms with E-state index in [1.165, 1.54) is 10.8 Å². The molecular weight excluding hydrogens is 685 g/mol. The van der Waals surface area contributed by atoms with Gasteiger partial charge in [0.2, 0.25) is 15.0 Å². The molecule has 0 bridgehead atoms. The minimum atomic E-state index is -3.81. The smallest absolute Gasteiger partial charge is 0.414 e. The molecule has 5 aromatic rings. The zero-order valence-corrected chi connectivity index (χ0v) is 29.7. The van der Waals surface area contributed by atoms with Crippen LogP contribution in [0.4, 0.5) is 26.7 Å². The summed E-state index contributed by atoms with van der Waals surface area (Å²) in [6, 6.07) is 25.5. The molecular formula is C38H38N6O7S. The number of piperidine rings is 1. The van der Waals surface area contributed by atoms with Crippen molar-refractivity contribution in [3.63, 3.8) is 0 Å². The van der Waals surface area contributed by atoms with Gasteiger partial charge < -0.3 is 19.3 Å². The SMILES string of the molecule is Cc1cccc2c1N(C(=O)OCc1ccccc1)CCN2c1cc2cnc(S(C)(=O)=O)nc2n([C@@H]2CCCN(C(=O)OCc3ccccc3)C2)c1=O. The number of benzene rings is 3. The largest absolute Gasteiger partial charge is 0.445 e. The first-order chi connectivity index (χ1) is 25.1. The lowest BCUT2D eigenvalue weighted by atomic mass is 10.0. The molecule has 0 unspecified atom stereocenters. The Morgan fingerprint density at radius 1 is 0.846 bits per heavy atom. The van der Waals surface area contributed by atoms with Crippen LogP contribution in [0.15, 0.2) is 101 Å². The molecule has 2 aliphatic rings. The third-order valence-corrected chi connectivity index (χ3v) is 10.2. The number of carbonyl (C=O) groups excluding carboxylic acids is 2. The second-order valence-electron chi connectivity index (χ2n) is 13.0. The Kier molecular flexibility index (Phi) is 9.65. The molecule has 0 N–H and O–H groups in total. The van der Waals surface area contributed by atoms with Crippen molar-refractivity contribution in [2.24, 2.45) is 0 Å². The molecule has 2 amide bonds. The zero-order valence-electron chi connectivity index (χ0n) is 28.8. The van der Waals surface area contributed by atoms with Crippen molar-refractivity contribution >= 4 is 50.1 Å². The summed E-state index contributed by atoms with van der Waals surface area (Å²) in [7, 11) is -3.81. The van der Waals surface area contributed by atoms with Gasteiger partial charge >= 0.3 is 12.2 Å². The van der Waals surface area contributed by atoms with Crippen LogP contribution >= 0.6 is 0 Å². The number of aromatic nitrogens is 3. The van der Waals surface area contributed by atoms with Gasteiger partial charge in [-0.1, -0.05) is 72.8 Å². The molecule has 1 atom stereocenters. The average molecular weight is 723 g/mol. The number of amides is 2. The van der Waals surface area contributed by atoms with Gasteiger partial charge in [0.05, 0.1) is 17.4 Å². The van der Waals surface area contributed by atoms with Gasteiger partial charge in [-0.3, -0.25) is 14.3 Å². The summed E-state index contributed by atoms with van der Waals surface area (Å²) in [6.45, 7) is 3.21. The van der Waals surface area contributed by atoms with Crippen molar-refractivity contribution in [2.75, 3.05) is 42.2 Å². The average Bonchev–Trinajstić information content (AvgIpc) is 3.16. The van der Waals surface area contributed by atoms with Crippen molar-refractivity contribution in [3.8, 4) is 0 Å². The summed E-state index contributed by atoms with van der Waals surface area (Å²) in [5, 5.41) is 0.0455. The van der Waals surface area contributed by atoms with E-state index in [2.05, 4.69) is 9.97 Å². The van der Waals surface area contributed by atoms with Crippen LogP contribution < -0.4 is 15.4 Å². The predicted octanol–water partition coefficient (Wildman–Crippen LogP) is 5.77. The number of sulfone groups is 1. The van der Waals surface area contributed by atoms with Gasteiger partial charge in [0.25, 0.3) is 5.56 Å². The topological polar surface area (TPSA) is 144 Å². The maximum atomic E-state index is 14.8. The van der Waals surface area contributed by atoms with Gasteiger partial charge in [-0.25, -0.2) is 23.0 Å². The monoisotopic (exact) mass is 722 g/mol. The minimum Gasteiger partial charge on any atom is -0.445 e. The molecule has 1 fully saturated rings. The first-order valence-electron chi connectivity index (χ1n) is 17.0. The van der Waals surface area contributed by atoms with Crippen LogP contribution in [0.1, 0.15) is 35.6 Å². The summed E-state index contributed by atoms with van der Waals surface area (Å²) < 4.78 is 37.9. The van der Waals surface area contributed by atoms with Gasteiger partial charge in [0.1, 0.15) is 24.5 Å². The third kappa shape index (κ3) is 7.06. The molecule has 3 aromatic carbocycles. The highest BCUT2D eigenvalue weighted by Gasteiger charge is 2.34. The zero-order chi connectivity index (χ0) is 36.4. The molecule has 0 aliphatic carbocycles. The Morgan fingerprint density at radius 3 is 2.19 bits per heavy atom. The molecule has 13 nitrogen and oxygen atoms in total. The molecule has 52 heavy (non-hydrogen) atoms. The van der Waals surface area contributed by atoms with E-state index in [-0.39, 0.29) is 38.5 Å². The molecule has 268 valence electrons. The minimum absolute atomic E-state index is 0.106. The second-order valence-corrected chi connectivity index (χ2v) is 14.9. The number of carbonyl (C=O) groups is 2. The van der Waals surface area contributed by atoms with Crippen molar-refractivity contribution in [3.05, 3.63) is 118 Å². The fourth-order valence-electron chi connectivity index (χ4n) is 6.82. The number of rotatable bonds is 7. The lowest BCUT2D eigenvalue weighted by Crippen LogP contribution is -2.46. The van der Waals surface area contributed by atoms with Crippen molar-refractivity contribution < 1.29 is 27.5 Å². The summed E-state index contributed by atoms with van der Waals surface area (Å²) >= 11 is 0. The molecule has 2 aromatic heterocycles. The molecule has 7 rings (SSSR count). The third-order valence-electron chi connectivity index (χ3n) is 9.33. The number of aryl methyl sites for hydroxylation is 1. The van der Waals surface area contributed by atoms with Gasteiger partial charge in [0, 0.05) is 44.0 Å². The predicted molar refractivity (Wildman–Crippen MR) is 196 cm³/mol. The first kappa shape index (κ1) is 34.7. The standard InChI is InChI=1S/C38H38N6O7S/c1-26-11-9-17-31-33(26)43(38(47)51-25-28-14-7-4-8-15-28)20-19-42(31)32-21-29-22-39-36(52(2,48)49)40-34(29)44(35(32)45)30-16-10-18-41(23-30)37(46)50-24-27-12-5-3-6-13-27/h3-9,11-15,17,21-22,30H,10,16,18-20,23-25H2,1-2H3/t30-/m1/s1. The molecule has 2 aliphatic heterocycles. The van der Waals surface area contributed by atoms with E-state index in [0.717, 1.165) is 22.9 Å². The van der Waals surface area contributed by atoms with Crippen molar-refractivity contribution in [1.29, 1.82) is 0 Å². The van der Waals surface area contributed by atoms with Crippen LogP contribution in [-0.2, 0) is 32.5 Å². The Balaban J connectivity index is 1.25. The highest BCUT2D eigenvalue weighted by Crippen LogP contribution is 2.40. The number of likely N-dealkylation sites (tertiary alicyclic amines) is 1. The van der Waals surface area contributed by atoms with E-state index in [9.17, 15) is 22.8 Å². The summed E-state index contributed by atoms with van der Waals surface area (Å²) in [6.07, 6.45) is 2.53. The summed E-state index contributed by atoms with van der Waals surface area (Å²) in [5.41, 5.74) is 3.83. The molecule has 1 saturated heterocycles. The highest BCUT2D eigenvalue weighted by atomic mass is 32.2. The quantitative estimate of drug-likeness (QED) is 0.190. The number of nitrogens with zero attached hydrogens (tertiary/aromatic N) is 6. The van der Waals surface area contributed by atoms with Gasteiger partial charge in [0.15, 0.2) is 0 Å². The number of hydrogen-bond donors (Lipinski definition) is 0. The van der Waals surface area contributed by atoms with Crippen molar-refractivity contribution in [1.82, 2.24) is 19.4 Å². The Labute approximate surface area is 301 Å². The Bertz CT molecular complexity index is 2300. The lowest BCUT2D eigenvalue weighted by molar-refractivity contribution is 0.0802. The van der Waals surface area contributed by atoms with Crippen molar-refractivity contribution in [2.45, 2.75) is 44.2 Å². The number of pyridine rings is 1. The first-order valence-corrected chi connectivity index (χ1v) is 18.9. The molecule has 0 spiro atoms. The number of fused-ring (bicyclic) bond motifs is 2. The Hall–Kier alpha value is -5.76. The van der Waals surface area contributed by atoms with Crippen LogP contribution in [0, 0.1) is 6.92 Å².